The Kier molecular flexibility index (Phi) is 6.51. The molecule has 5 nitrogen and oxygen atoms in total. The predicted molar refractivity (Wildman–Crippen MR) is 103 cm³/mol. The first-order valence-electron chi connectivity index (χ1n) is 8.59. The average molecular weight is 349 g/mol. The van der Waals surface area contributed by atoms with Crippen LogP contribution in [0.2, 0.25) is 0 Å². The summed E-state index contributed by atoms with van der Waals surface area (Å²) in [4.78, 5) is 25.8. The Morgan fingerprint density at radius 2 is 1.77 bits per heavy atom. The van der Waals surface area contributed by atoms with E-state index in [1.807, 2.05) is 30.3 Å². The molecule has 2 amide bonds. The molecule has 0 aromatic heterocycles. The molecule has 0 radical (unpaired) electrons. The Hall–Kier alpha value is -3.13. The van der Waals surface area contributed by atoms with Gasteiger partial charge in [0.1, 0.15) is 0 Å². The summed E-state index contributed by atoms with van der Waals surface area (Å²) in [5.74, 6) is 0.0157. The topological polar surface area (TPSA) is 73.2 Å². The van der Waals surface area contributed by atoms with Gasteiger partial charge in [-0.25, -0.2) is 0 Å². The Labute approximate surface area is 154 Å². The zero-order chi connectivity index (χ0) is 19.1. The minimum Gasteiger partial charge on any atom is -0.326 e. The van der Waals surface area contributed by atoms with E-state index in [4.69, 9.17) is 5.26 Å². The molecule has 2 rings (SSSR count). The van der Waals surface area contributed by atoms with E-state index in [9.17, 15) is 9.59 Å². The molecule has 0 atom stereocenters. The molecule has 0 fully saturated rings. The van der Waals surface area contributed by atoms with Gasteiger partial charge >= 0.3 is 0 Å². The van der Waals surface area contributed by atoms with Gasteiger partial charge in [-0.2, -0.15) is 5.26 Å². The highest BCUT2D eigenvalue weighted by molar-refractivity contribution is 5.95. The molecule has 1 N–H and O–H groups in total. The molecule has 2 aromatic carbocycles. The van der Waals surface area contributed by atoms with Gasteiger partial charge in [0.15, 0.2) is 0 Å². The van der Waals surface area contributed by atoms with E-state index in [1.54, 1.807) is 24.3 Å². The summed E-state index contributed by atoms with van der Waals surface area (Å²) in [6, 6.07) is 16.5. The van der Waals surface area contributed by atoms with Gasteiger partial charge in [-0.3, -0.25) is 9.59 Å². The standard InChI is InChI=1S/C21H23N3O2/c1-15(2)19-6-4-5-7-20(19)23-21(26)12-13-24(16(3)25)18-10-8-17(14-22)9-11-18/h4-11,15H,12-13H2,1-3H3,(H,23,26). The molecule has 0 aliphatic heterocycles. The van der Waals surface area contributed by atoms with Gasteiger partial charge in [0.25, 0.3) is 0 Å². The smallest absolute Gasteiger partial charge is 0.226 e. The number of amides is 2. The Morgan fingerprint density at radius 1 is 1.12 bits per heavy atom. The minimum absolute atomic E-state index is 0.141. The fraction of sp³-hybridized carbons (Fsp3) is 0.286. The number of nitrogens with zero attached hydrogens (tertiary/aromatic N) is 2. The number of hydrogen-bond donors (Lipinski definition) is 1. The highest BCUT2D eigenvalue weighted by atomic mass is 16.2. The van der Waals surface area contributed by atoms with Crippen LogP contribution in [0.3, 0.4) is 0 Å². The molecule has 0 aliphatic carbocycles. The molecule has 0 spiro atoms. The lowest BCUT2D eigenvalue weighted by Gasteiger charge is -2.21. The monoisotopic (exact) mass is 349 g/mol. The molecule has 0 bridgehead atoms. The molecular weight excluding hydrogens is 326 g/mol. The number of nitriles is 1. The van der Waals surface area contributed by atoms with Crippen LogP contribution in [0.4, 0.5) is 11.4 Å². The van der Waals surface area contributed by atoms with Crippen molar-refractivity contribution >= 4 is 23.2 Å². The third-order valence-corrected chi connectivity index (χ3v) is 4.11. The van der Waals surface area contributed by atoms with Crippen molar-refractivity contribution in [3.8, 4) is 6.07 Å². The van der Waals surface area contributed by atoms with E-state index in [-0.39, 0.29) is 24.8 Å². The Bertz CT molecular complexity index is 820. The van der Waals surface area contributed by atoms with Crippen molar-refractivity contribution < 1.29 is 9.59 Å². The number of benzene rings is 2. The molecule has 5 heteroatoms. The number of rotatable bonds is 6. The van der Waals surface area contributed by atoms with E-state index in [0.717, 1.165) is 11.3 Å². The van der Waals surface area contributed by atoms with Crippen molar-refractivity contribution in [3.05, 3.63) is 59.7 Å². The van der Waals surface area contributed by atoms with Crippen LogP contribution >= 0.6 is 0 Å². The Balaban J connectivity index is 2.04. The third-order valence-electron chi connectivity index (χ3n) is 4.11. The van der Waals surface area contributed by atoms with Crippen LogP contribution < -0.4 is 10.2 Å². The zero-order valence-corrected chi connectivity index (χ0v) is 15.3. The summed E-state index contributed by atoms with van der Waals surface area (Å²) >= 11 is 0. The lowest BCUT2D eigenvalue weighted by Crippen LogP contribution is -2.32. The van der Waals surface area contributed by atoms with Crippen molar-refractivity contribution in [1.82, 2.24) is 0 Å². The molecule has 2 aromatic rings. The number of hydrogen-bond acceptors (Lipinski definition) is 3. The Morgan fingerprint density at radius 3 is 2.35 bits per heavy atom. The lowest BCUT2D eigenvalue weighted by molar-refractivity contribution is -0.117. The average Bonchev–Trinajstić information content (AvgIpc) is 2.62. The van der Waals surface area contributed by atoms with Crippen molar-refractivity contribution in [3.63, 3.8) is 0 Å². The van der Waals surface area contributed by atoms with Gasteiger partial charge in [0.2, 0.25) is 11.8 Å². The SMILES string of the molecule is CC(=O)N(CCC(=O)Nc1ccccc1C(C)C)c1ccc(C#N)cc1. The van der Waals surface area contributed by atoms with Crippen molar-refractivity contribution in [1.29, 1.82) is 5.26 Å². The summed E-state index contributed by atoms with van der Waals surface area (Å²) in [6.45, 7) is 5.89. The zero-order valence-electron chi connectivity index (χ0n) is 15.3. The largest absolute Gasteiger partial charge is 0.326 e. The van der Waals surface area contributed by atoms with E-state index < -0.39 is 0 Å². The van der Waals surface area contributed by atoms with Crippen LogP contribution in [-0.2, 0) is 9.59 Å². The second kappa shape index (κ2) is 8.82. The minimum atomic E-state index is -0.148. The van der Waals surface area contributed by atoms with Gasteiger partial charge in [0, 0.05) is 31.3 Å². The maximum absolute atomic E-state index is 12.4. The summed E-state index contributed by atoms with van der Waals surface area (Å²) in [6.07, 6.45) is 0.187. The second-order valence-corrected chi connectivity index (χ2v) is 6.37. The van der Waals surface area contributed by atoms with Crippen molar-refractivity contribution in [2.24, 2.45) is 0 Å². The van der Waals surface area contributed by atoms with E-state index in [2.05, 4.69) is 19.2 Å². The van der Waals surface area contributed by atoms with Gasteiger partial charge in [0.05, 0.1) is 11.6 Å². The number of carbonyl (C=O) groups excluding carboxylic acids is 2. The van der Waals surface area contributed by atoms with Gasteiger partial charge in [-0.15, -0.1) is 0 Å². The summed E-state index contributed by atoms with van der Waals surface area (Å²) < 4.78 is 0. The van der Waals surface area contributed by atoms with E-state index >= 15 is 0 Å². The number of nitrogens with one attached hydrogen (secondary N) is 1. The third kappa shape index (κ3) is 4.93. The maximum atomic E-state index is 12.4. The molecule has 0 saturated carbocycles. The van der Waals surface area contributed by atoms with Crippen molar-refractivity contribution in [2.45, 2.75) is 33.1 Å². The fourth-order valence-electron chi connectivity index (χ4n) is 2.72. The van der Waals surface area contributed by atoms with E-state index in [1.165, 1.54) is 11.8 Å². The first-order valence-corrected chi connectivity index (χ1v) is 8.59. The maximum Gasteiger partial charge on any atom is 0.226 e. The fourth-order valence-corrected chi connectivity index (χ4v) is 2.72. The molecule has 134 valence electrons. The number of anilines is 2. The predicted octanol–water partition coefficient (Wildman–Crippen LogP) is 4.06. The van der Waals surface area contributed by atoms with Crippen LogP contribution in [0, 0.1) is 11.3 Å². The lowest BCUT2D eigenvalue weighted by atomic mass is 10.0. The molecule has 0 unspecified atom stereocenters. The first kappa shape index (κ1) is 19.2. The van der Waals surface area contributed by atoms with Crippen LogP contribution in [0.15, 0.2) is 48.5 Å². The van der Waals surface area contributed by atoms with Crippen LogP contribution in [0.25, 0.3) is 0 Å². The normalized spacial score (nSPS) is 10.3. The second-order valence-electron chi connectivity index (χ2n) is 6.37. The summed E-state index contributed by atoms with van der Waals surface area (Å²) in [7, 11) is 0. The van der Waals surface area contributed by atoms with Crippen molar-refractivity contribution in [2.75, 3.05) is 16.8 Å². The van der Waals surface area contributed by atoms with Crippen LogP contribution in [0.5, 0.6) is 0 Å². The van der Waals surface area contributed by atoms with Gasteiger partial charge in [-0.05, 0) is 41.8 Å². The highest BCUT2D eigenvalue weighted by Gasteiger charge is 2.15. The highest BCUT2D eigenvalue weighted by Crippen LogP contribution is 2.24. The van der Waals surface area contributed by atoms with Crippen LogP contribution in [0.1, 0.15) is 44.2 Å². The van der Waals surface area contributed by atoms with Crippen LogP contribution in [-0.4, -0.2) is 18.4 Å². The molecule has 0 heterocycles. The molecule has 0 saturated heterocycles. The van der Waals surface area contributed by atoms with Gasteiger partial charge in [-0.1, -0.05) is 32.0 Å². The number of carbonyl (C=O) groups is 2. The summed E-state index contributed by atoms with van der Waals surface area (Å²) in [5, 5.41) is 11.8. The summed E-state index contributed by atoms with van der Waals surface area (Å²) in [5.41, 5.74) is 3.09. The number of para-hydroxylation sites is 1. The van der Waals surface area contributed by atoms with Gasteiger partial charge < -0.3 is 10.2 Å². The molecule has 0 aliphatic rings. The first-order chi connectivity index (χ1) is 12.4. The quantitative estimate of drug-likeness (QED) is 0.854. The molecule has 26 heavy (non-hydrogen) atoms. The molecular formula is C21H23N3O2. The van der Waals surface area contributed by atoms with E-state index in [0.29, 0.717) is 17.2 Å².